The topological polar surface area (TPSA) is 49.4 Å². The number of nitrogens with zero attached hydrogens (tertiary/aromatic N) is 1. The predicted molar refractivity (Wildman–Crippen MR) is 71.4 cm³/mol. The fraction of sp³-hybridized carbons (Fsp3) is 0.467. The van der Waals surface area contributed by atoms with Crippen LogP contribution in [-0.4, -0.2) is 34.8 Å². The van der Waals surface area contributed by atoms with Crippen molar-refractivity contribution >= 4 is 11.8 Å². The van der Waals surface area contributed by atoms with Gasteiger partial charge in [0.25, 0.3) is 0 Å². The molecule has 19 heavy (non-hydrogen) atoms. The molecule has 1 aromatic rings. The molecule has 2 saturated heterocycles. The predicted octanol–water partition coefficient (Wildman–Crippen LogP) is 1.11. The maximum Gasteiger partial charge on any atom is 0.247 e. The first-order chi connectivity index (χ1) is 9.11. The second-order valence-corrected chi connectivity index (χ2v) is 5.61. The van der Waals surface area contributed by atoms with Crippen LogP contribution in [0.15, 0.2) is 30.3 Å². The van der Waals surface area contributed by atoms with Crippen molar-refractivity contribution in [1.29, 1.82) is 0 Å². The van der Waals surface area contributed by atoms with Crippen LogP contribution in [-0.2, 0) is 16.0 Å². The number of hydrogen-bond acceptors (Lipinski definition) is 3. The lowest BCUT2D eigenvalue weighted by Gasteiger charge is -2.44. The smallest absolute Gasteiger partial charge is 0.247 e. The summed E-state index contributed by atoms with van der Waals surface area (Å²) < 4.78 is 0. The van der Waals surface area contributed by atoms with E-state index in [4.69, 9.17) is 0 Å². The van der Waals surface area contributed by atoms with Crippen LogP contribution >= 0.6 is 0 Å². The molecule has 0 aliphatic carbocycles. The van der Waals surface area contributed by atoms with Crippen molar-refractivity contribution < 1.29 is 9.59 Å². The van der Waals surface area contributed by atoms with E-state index in [0.29, 0.717) is 6.42 Å². The number of carbonyl (C=O) groups is 2. The lowest BCUT2D eigenvalue weighted by Crippen LogP contribution is -2.68. The Labute approximate surface area is 112 Å². The first-order valence-electron chi connectivity index (χ1n) is 6.77. The Hall–Kier alpha value is -1.68. The summed E-state index contributed by atoms with van der Waals surface area (Å²) in [5, 5.41) is 2.54. The van der Waals surface area contributed by atoms with Gasteiger partial charge in [0.15, 0.2) is 0 Å². The molecule has 0 saturated carbocycles. The van der Waals surface area contributed by atoms with E-state index in [9.17, 15) is 9.59 Å². The van der Waals surface area contributed by atoms with Crippen LogP contribution in [0.3, 0.4) is 0 Å². The fourth-order valence-corrected chi connectivity index (χ4v) is 3.27. The van der Waals surface area contributed by atoms with E-state index in [1.807, 2.05) is 37.3 Å². The molecule has 2 heterocycles. The van der Waals surface area contributed by atoms with Gasteiger partial charge in [-0.15, -0.1) is 0 Å². The molecule has 1 N–H and O–H groups in total. The lowest BCUT2D eigenvalue weighted by atomic mass is 9.87. The standard InChI is InChI=1S/C15H18N2O2/c1-15(10-11-6-3-2-4-7-11)14(19)16-13(18)12-8-5-9-17(12)15/h2-4,6-7,12H,5,8-10H2,1H3,(H,16,18,19)/t12-,15-/m0/s1. The van der Waals surface area contributed by atoms with Gasteiger partial charge in [0.1, 0.15) is 5.54 Å². The van der Waals surface area contributed by atoms with Crippen LogP contribution in [0, 0.1) is 0 Å². The molecular formula is C15H18N2O2. The summed E-state index contributed by atoms with van der Waals surface area (Å²) >= 11 is 0. The molecule has 2 aliphatic rings. The van der Waals surface area contributed by atoms with Gasteiger partial charge in [-0.05, 0) is 31.7 Å². The van der Waals surface area contributed by atoms with Crippen molar-refractivity contribution in [3.05, 3.63) is 35.9 Å². The Morgan fingerprint density at radius 1 is 1.32 bits per heavy atom. The Morgan fingerprint density at radius 3 is 2.79 bits per heavy atom. The summed E-state index contributed by atoms with van der Waals surface area (Å²) in [6.07, 6.45) is 2.47. The monoisotopic (exact) mass is 258 g/mol. The van der Waals surface area contributed by atoms with Gasteiger partial charge in [0.2, 0.25) is 11.8 Å². The van der Waals surface area contributed by atoms with Gasteiger partial charge < -0.3 is 0 Å². The molecule has 0 spiro atoms. The quantitative estimate of drug-likeness (QED) is 0.808. The van der Waals surface area contributed by atoms with Crippen molar-refractivity contribution in [1.82, 2.24) is 10.2 Å². The third-order valence-corrected chi connectivity index (χ3v) is 4.31. The highest BCUT2D eigenvalue weighted by molar-refractivity contribution is 6.05. The molecule has 100 valence electrons. The van der Waals surface area contributed by atoms with Crippen molar-refractivity contribution in [3.63, 3.8) is 0 Å². The fourth-order valence-electron chi connectivity index (χ4n) is 3.27. The van der Waals surface area contributed by atoms with E-state index >= 15 is 0 Å². The summed E-state index contributed by atoms with van der Waals surface area (Å²) in [5.74, 6) is -0.299. The number of fused-ring (bicyclic) bond motifs is 1. The average molecular weight is 258 g/mol. The number of rotatable bonds is 2. The van der Waals surface area contributed by atoms with Gasteiger partial charge in [-0.2, -0.15) is 0 Å². The summed E-state index contributed by atoms with van der Waals surface area (Å²) in [6.45, 7) is 2.77. The molecule has 0 radical (unpaired) electrons. The van der Waals surface area contributed by atoms with E-state index in [-0.39, 0.29) is 17.9 Å². The number of nitrogens with one attached hydrogen (secondary N) is 1. The number of piperazine rings is 1. The highest BCUT2D eigenvalue weighted by Gasteiger charge is 2.51. The van der Waals surface area contributed by atoms with Crippen LogP contribution in [0.1, 0.15) is 25.3 Å². The summed E-state index contributed by atoms with van der Waals surface area (Å²) in [6, 6.07) is 9.85. The van der Waals surface area contributed by atoms with E-state index in [1.165, 1.54) is 0 Å². The van der Waals surface area contributed by atoms with Crippen LogP contribution < -0.4 is 5.32 Å². The Balaban J connectivity index is 1.92. The Bertz CT molecular complexity index is 514. The van der Waals surface area contributed by atoms with Crippen LogP contribution in [0.2, 0.25) is 0 Å². The molecular weight excluding hydrogens is 240 g/mol. The average Bonchev–Trinajstić information content (AvgIpc) is 2.88. The maximum atomic E-state index is 12.3. The summed E-state index contributed by atoms with van der Waals surface area (Å²) in [5.41, 5.74) is 0.510. The van der Waals surface area contributed by atoms with E-state index in [2.05, 4.69) is 10.2 Å². The molecule has 0 aromatic heterocycles. The van der Waals surface area contributed by atoms with Gasteiger partial charge in [-0.25, -0.2) is 0 Å². The molecule has 2 amide bonds. The minimum Gasteiger partial charge on any atom is -0.293 e. The molecule has 4 nitrogen and oxygen atoms in total. The number of amides is 2. The molecule has 3 rings (SSSR count). The van der Waals surface area contributed by atoms with Crippen molar-refractivity contribution in [2.75, 3.05) is 6.54 Å². The van der Waals surface area contributed by atoms with Crippen LogP contribution in [0.4, 0.5) is 0 Å². The zero-order chi connectivity index (χ0) is 13.5. The Morgan fingerprint density at radius 2 is 2.05 bits per heavy atom. The normalized spacial score (nSPS) is 31.1. The molecule has 4 heteroatoms. The third-order valence-electron chi connectivity index (χ3n) is 4.31. The van der Waals surface area contributed by atoms with Crippen molar-refractivity contribution in [2.24, 2.45) is 0 Å². The van der Waals surface area contributed by atoms with Crippen LogP contribution in [0.25, 0.3) is 0 Å². The molecule has 0 unspecified atom stereocenters. The van der Waals surface area contributed by atoms with E-state index in [0.717, 1.165) is 24.9 Å². The van der Waals surface area contributed by atoms with E-state index < -0.39 is 5.54 Å². The zero-order valence-corrected chi connectivity index (χ0v) is 11.1. The minimum atomic E-state index is -0.615. The second-order valence-electron chi connectivity index (χ2n) is 5.61. The van der Waals surface area contributed by atoms with Crippen molar-refractivity contribution in [3.8, 4) is 0 Å². The summed E-state index contributed by atoms with van der Waals surface area (Å²) in [7, 11) is 0. The van der Waals surface area contributed by atoms with E-state index in [1.54, 1.807) is 0 Å². The van der Waals surface area contributed by atoms with Crippen LogP contribution in [0.5, 0.6) is 0 Å². The maximum absolute atomic E-state index is 12.3. The number of benzene rings is 1. The van der Waals surface area contributed by atoms with Gasteiger partial charge in [0, 0.05) is 6.54 Å². The van der Waals surface area contributed by atoms with Gasteiger partial charge >= 0.3 is 0 Å². The lowest BCUT2D eigenvalue weighted by molar-refractivity contribution is -0.149. The van der Waals surface area contributed by atoms with Gasteiger partial charge in [-0.3, -0.25) is 19.8 Å². The molecule has 1 aromatic carbocycles. The zero-order valence-electron chi connectivity index (χ0n) is 11.1. The van der Waals surface area contributed by atoms with Crippen molar-refractivity contribution in [2.45, 2.75) is 37.8 Å². The number of imide groups is 1. The molecule has 0 bridgehead atoms. The highest BCUT2D eigenvalue weighted by Crippen LogP contribution is 2.33. The van der Waals surface area contributed by atoms with Gasteiger partial charge in [-0.1, -0.05) is 30.3 Å². The Kier molecular flexibility index (Phi) is 2.90. The number of carbonyl (C=O) groups excluding carboxylic acids is 2. The molecule has 2 atom stereocenters. The highest BCUT2D eigenvalue weighted by atomic mass is 16.2. The SMILES string of the molecule is C[C@]1(Cc2ccccc2)C(=O)NC(=O)[C@@H]2CCCN21. The first-order valence-corrected chi connectivity index (χ1v) is 6.77. The summed E-state index contributed by atoms with van der Waals surface area (Å²) in [4.78, 5) is 26.2. The molecule has 2 fully saturated rings. The first kappa shape index (κ1) is 12.4. The second kappa shape index (κ2) is 4.46. The van der Waals surface area contributed by atoms with Gasteiger partial charge in [0.05, 0.1) is 6.04 Å². The largest absolute Gasteiger partial charge is 0.293 e. The molecule has 2 aliphatic heterocycles. The third kappa shape index (κ3) is 1.96. The minimum absolute atomic E-state index is 0.131. The number of hydrogen-bond donors (Lipinski definition) is 1.